The molecule has 0 spiro atoms. The van der Waals surface area contributed by atoms with Crippen molar-refractivity contribution in [3.63, 3.8) is 0 Å². The third-order valence-corrected chi connectivity index (χ3v) is 3.18. The number of aromatic amines is 1. The van der Waals surface area contributed by atoms with Crippen LogP contribution in [0, 0.1) is 13.8 Å². The van der Waals surface area contributed by atoms with Crippen molar-refractivity contribution >= 4 is 5.82 Å². The van der Waals surface area contributed by atoms with Gasteiger partial charge < -0.3 is 14.6 Å². The number of nitrogens with zero attached hydrogens (tertiary/aromatic N) is 4. The van der Waals surface area contributed by atoms with Crippen LogP contribution in [0.25, 0.3) is 0 Å². The molecule has 1 aliphatic heterocycles. The van der Waals surface area contributed by atoms with Gasteiger partial charge in [0.1, 0.15) is 23.6 Å². The van der Waals surface area contributed by atoms with E-state index >= 15 is 0 Å². The number of H-pyrrole nitrogens is 1. The minimum Gasteiger partial charge on any atom is -0.367 e. The summed E-state index contributed by atoms with van der Waals surface area (Å²) in [7, 11) is 0. The van der Waals surface area contributed by atoms with Crippen molar-refractivity contribution in [2.24, 2.45) is 0 Å². The van der Waals surface area contributed by atoms with Crippen molar-refractivity contribution in [2.45, 2.75) is 20.0 Å². The first-order valence-corrected chi connectivity index (χ1v) is 6.40. The van der Waals surface area contributed by atoms with Crippen LogP contribution in [0.1, 0.15) is 23.4 Å². The van der Waals surface area contributed by atoms with Gasteiger partial charge in [-0.15, -0.1) is 0 Å². The van der Waals surface area contributed by atoms with E-state index in [1.54, 1.807) is 6.20 Å². The largest absolute Gasteiger partial charge is 0.367 e. The average Bonchev–Trinajstić information content (AvgIpc) is 2.86. The molecule has 0 saturated carbocycles. The Bertz CT molecular complexity index is 568. The van der Waals surface area contributed by atoms with E-state index in [2.05, 4.69) is 24.8 Å². The monoisotopic (exact) mass is 259 g/mol. The van der Waals surface area contributed by atoms with E-state index in [9.17, 15) is 0 Å². The molecule has 6 heteroatoms. The number of morpholine rings is 1. The van der Waals surface area contributed by atoms with Gasteiger partial charge in [0.2, 0.25) is 0 Å². The standard InChI is InChI=1S/C13H17N5O/c1-9-7-15-13(16-9)11-8-18(5-6-19-11)12-3-4-14-10(2)17-12/h3-4,7,11H,5-6,8H2,1-2H3,(H,15,16)/t11-/m1/s1. The molecule has 0 amide bonds. The zero-order chi connectivity index (χ0) is 13.2. The number of rotatable bonds is 2. The molecule has 0 aromatic carbocycles. The van der Waals surface area contributed by atoms with E-state index in [1.165, 1.54) is 0 Å². The number of aryl methyl sites for hydroxylation is 2. The summed E-state index contributed by atoms with van der Waals surface area (Å²) in [5.41, 5.74) is 1.05. The Balaban J connectivity index is 1.78. The van der Waals surface area contributed by atoms with Crippen LogP contribution in [0.3, 0.4) is 0 Å². The maximum absolute atomic E-state index is 5.78. The molecule has 0 unspecified atom stereocenters. The molecule has 3 heterocycles. The minimum absolute atomic E-state index is 0.0299. The smallest absolute Gasteiger partial charge is 0.137 e. The topological polar surface area (TPSA) is 66.9 Å². The fourth-order valence-electron chi connectivity index (χ4n) is 2.24. The lowest BCUT2D eigenvalue weighted by Crippen LogP contribution is -2.39. The Morgan fingerprint density at radius 2 is 2.26 bits per heavy atom. The Kier molecular flexibility index (Phi) is 3.16. The summed E-state index contributed by atoms with van der Waals surface area (Å²) in [5.74, 6) is 2.62. The predicted octanol–water partition coefficient (Wildman–Crippen LogP) is 1.39. The van der Waals surface area contributed by atoms with Gasteiger partial charge in [-0.2, -0.15) is 0 Å². The third-order valence-electron chi connectivity index (χ3n) is 3.18. The summed E-state index contributed by atoms with van der Waals surface area (Å²) in [6.07, 6.45) is 3.59. The van der Waals surface area contributed by atoms with Crippen LogP contribution in [0.15, 0.2) is 18.5 Å². The second kappa shape index (κ2) is 4.97. The summed E-state index contributed by atoms with van der Waals surface area (Å²) in [6, 6.07) is 1.93. The first-order valence-electron chi connectivity index (χ1n) is 6.40. The molecule has 2 aromatic rings. The molecule has 0 bridgehead atoms. The highest BCUT2D eigenvalue weighted by atomic mass is 16.5. The van der Waals surface area contributed by atoms with Gasteiger partial charge in [-0.25, -0.2) is 15.0 Å². The van der Waals surface area contributed by atoms with Gasteiger partial charge in [-0.05, 0) is 19.9 Å². The first-order chi connectivity index (χ1) is 9.22. The molecule has 1 fully saturated rings. The first kappa shape index (κ1) is 12.1. The second-order valence-electron chi connectivity index (χ2n) is 4.72. The number of ether oxygens (including phenoxy) is 1. The van der Waals surface area contributed by atoms with E-state index in [1.807, 2.05) is 26.1 Å². The van der Waals surface area contributed by atoms with E-state index in [0.717, 1.165) is 36.3 Å². The quantitative estimate of drug-likeness (QED) is 0.883. The van der Waals surface area contributed by atoms with Gasteiger partial charge in [0, 0.05) is 24.6 Å². The molecule has 1 N–H and O–H groups in total. The van der Waals surface area contributed by atoms with E-state index in [4.69, 9.17) is 4.74 Å². The molecule has 0 aliphatic carbocycles. The lowest BCUT2D eigenvalue weighted by molar-refractivity contribution is 0.0342. The number of nitrogens with one attached hydrogen (secondary N) is 1. The van der Waals surface area contributed by atoms with E-state index < -0.39 is 0 Å². The number of anilines is 1. The maximum atomic E-state index is 5.78. The highest BCUT2D eigenvalue weighted by molar-refractivity contribution is 5.38. The number of hydrogen-bond donors (Lipinski definition) is 1. The summed E-state index contributed by atoms with van der Waals surface area (Å²) in [4.78, 5) is 18.4. The van der Waals surface area contributed by atoms with Gasteiger partial charge in [-0.3, -0.25) is 0 Å². The fraction of sp³-hybridized carbons (Fsp3) is 0.462. The normalized spacial score (nSPS) is 19.7. The second-order valence-corrected chi connectivity index (χ2v) is 4.72. The molecule has 100 valence electrons. The maximum Gasteiger partial charge on any atom is 0.137 e. The summed E-state index contributed by atoms with van der Waals surface area (Å²) >= 11 is 0. The van der Waals surface area contributed by atoms with Gasteiger partial charge in [-0.1, -0.05) is 0 Å². The SMILES string of the molecule is Cc1nccc(N2CCO[C@@H](c3ncc(C)[nH]3)C2)n1. The highest BCUT2D eigenvalue weighted by Gasteiger charge is 2.24. The molecular weight excluding hydrogens is 242 g/mol. The Labute approximate surface area is 111 Å². The Morgan fingerprint density at radius 1 is 1.37 bits per heavy atom. The average molecular weight is 259 g/mol. The number of hydrogen-bond acceptors (Lipinski definition) is 5. The lowest BCUT2D eigenvalue weighted by Gasteiger charge is -2.32. The Hall–Kier alpha value is -1.95. The van der Waals surface area contributed by atoms with Crippen molar-refractivity contribution < 1.29 is 4.74 Å². The summed E-state index contributed by atoms with van der Waals surface area (Å²) < 4.78 is 5.78. The van der Waals surface area contributed by atoms with Gasteiger partial charge in [0.25, 0.3) is 0 Å². The van der Waals surface area contributed by atoms with Crippen LogP contribution in [-0.2, 0) is 4.74 Å². The molecule has 1 aliphatic rings. The highest BCUT2D eigenvalue weighted by Crippen LogP contribution is 2.23. The predicted molar refractivity (Wildman–Crippen MR) is 71.0 cm³/mol. The van der Waals surface area contributed by atoms with E-state index in [0.29, 0.717) is 6.61 Å². The Morgan fingerprint density at radius 3 is 3.00 bits per heavy atom. The molecule has 19 heavy (non-hydrogen) atoms. The zero-order valence-electron chi connectivity index (χ0n) is 11.1. The molecule has 1 atom stereocenters. The molecule has 3 rings (SSSR count). The molecular formula is C13H17N5O. The van der Waals surface area contributed by atoms with Crippen molar-refractivity contribution in [1.82, 2.24) is 19.9 Å². The van der Waals surface area contributed by atoms with Crippen molar-refractivity contribution in [2.75, 3.05) is 24.6 Å². The van der Waals surface area contributed by atoms with Crippen LogP contribution < -0.4 is 4.90 Å². The van der Waals surface area contributed by atoms with Crippen molar-refractivity contribution in [3.8, 4) is 0 Å². The third kappa shape index (κ3) is 2.58. The van der Waals surface area contributed by atoms with Crippen molar-refractivity contribution in [3.05, 3.63) is 35.8 Å². The molecule has 2 aromatic heterocycles. The van der Waals surface area contributed by atoms with Crippen LogP contribution in [0.4, 0.5) is 5.82 Å². The lowest BCUT2D eigenvalue weighted by atomic mass is 10.2. The van der Waals surface area contributed by atoms with Gasteiger partial charge in [0.15, 0.2) is 0 Å². The minimum atomic E-state index is -0.0299. The summed E-state index contributed by atoms with van der Waals surface area (Å²) in [5, 5.41) is 0. The van der Waals surface area contributed by atoms with Gasteiger partial charge in [0.05, 0.1) is 13.2 Å². The zero-order valence-corrected chi connectivity index (χ0v) is 11.1. The van der Waals surface area contributed by atoms with Crippen LogP contribution in [0.5, 0.6) is 0 Å². The van der Waals surface area contributed by atoms with Crippen LogP contribution in [0.2, 0.25) is 0 Å². The molecule has 0 radical (unpaired) electrons. The fourth-order valence-corrected chi connectivity index (χ4v) is 2.24. The van der Waals surface area contributed by atoms with E-state index in [-0.39, 0.29) is 6.10 Å². The van der Waals surface area contributed by atoms with Gasteiger partial charge >= 0.3 is 0 Å². The van der Waals surface area contributed by atoms with Crippen molar-refractivity contribution in [1.29, 1.82) is 0 Å². The van der Waals surface area contributed by atoms with Crippen LogP contribution in [-0.4, -0.2) is 39.6 Å². The number of aromatic nitrogens is 4. The molecule has 1 saturated heterocycles. The number of imidazole rings is 1. The molecule has 6 nitrogen and oxygen atoms in total. The van der Waals surface area contributed by atoms with Crippen LogP contribution >= 0.6 is 0 Å². The summed E-state index contributed by atoms with van der Waals surface area (Å²) in [6.45, 7) is 6.16.